The van der Waals surface area contributed by atoms with Crippen LogP contribution in [-0.4, -0.2) is 5.11 Å². The molecule has 62 valence electrons. The molecule has 0 spiro atoms. The maximum absolute atomic E-state index is 9.03. The lowest BCUT2D eigenvalue weighted by Gasteiger charge is -1.90. The van der Waals surface area contributed by atoms with E-state index in [-0.39, 0.29) is 6.61 Å². The predicted octanol–water partition coefficient (Wildman–Crippen LogP) is 2.70. The van der Waals surface area contributed by atoms with Gasteiger partial charge in [-0.1, -0.05) is 18.2 Å². The van der Waals surface area contributed by atoms with Gasteiger partial charge in [-0.2, -0.15) is 0 Å². The molecule has 0 fully saturated rings. The fraction of sp³-hybridized carbons (Fsp3) is 0.200. The van der Waals surface area contributed by atoms with Crippen LogP contribution in [0.3, 0.4) is 0 Å². The second-order valence-electron chi connectivity index (χ2n) is 2.80. The third-order valence-corrected chi connectivity index (χ3v) is 3.34. The van der Waals surface area contributed by atoms with Crippen LogP contribution in [0.5, 0.6) is 0 Å². The Labute approximate surface area is 75.3 Å². The molecule has 0 radical (unpaired) electrons. The van der Waals surface area contributed by atoms with Crippen molar-refractivity contribution in [1.29, 1.82) is 0 Å². The van der Waals surface area contributed by atoms with Crippen LogP contribution in [0, 0.1) is 6.92 Å². The van der Waals surface area contributed by atoms with Crippen LogP contribution in [0.25, 0.3) is 10.1 Å². The summed E-state index contributed by atoms with van der Waals surface area (Å²) in [4.78, 5) is 1.08. The zero-order valence-corrected chi connectivity index (χ0v) is 7.69. The van der Waals surface area contributed by atoms with Crippen molar-refractivity contribution in [1.82, 2.24) is 0 Å². The maximum atomic E-state index is 9.03. The summed E-state index contributed by atoms with van der Waals surface area (Å²) in [6, 6.07) is 8.25. The first-order chi connectivity index (χ1) is 5.83. The van der Waals surface area contributed by atoms with E-state index in [0.717, 1.165) is 4.88 Å². The van der Waals surface area contributed by atoms with Gasteiger partial charge < -0.3 is 5.11 Å². The molecular weight excluding hydrogens is 168 g/mol. The molecule has 1 heterocycles. The first-order valence-corrected chi connectivity index (χ1v) is 4.72. The minimum atomic E-state index is 0.158. The van der Waals surface area contributed by atoms with Crippen LogP contribution in [0.2, 0.25) is 0 Å². The van der Waals surface area contributed by atoms with Gasteiger partial charge in [0.25, 0.3) is 0 Å². The molecule has 12 heavy (non-hydrogen) atoms. The zero-order chi connectivity index (χ0) is 8.55. The zero-order valence-electron chi connectivity index (χ0n) is 6.87. The molecular formula is C10H10OS. The number of thiophene rings is 1. The first-order valence-electron chi connectivity index (χ1n) is 3.91. The van der Waals surface area contributed by atoms with Crippen molar-refractivity contribution < 1.29 is 5.11 Å². The standard InChI is InChI=1S/C10H10OS/c1-7-8-4-2-3-5-9(8)12-10(7)6-11/h2-5,11H,6H2,1H3. The molecule has 0 aliphatic rings. The monoisotopic (exact) mass is 178 g/mol. The van der Waals surface area contributed by atoms with Crippen LogP contribution < -0.4 is 0 Å². The molecule has 0 bridgehead atoms. The minimum Gasteiger partial charge on any atom is -0.391 e. The molecule has 1 nitrogen and oxygen atoms in total. The van der Waals surface area contributed by atoms with Gasteiger partial charge >= 0.3 is 0 Å². The quantitative estimate of drug-likeness (QED) is 0.711. The van der Waals surface area contributed by atoms with E-state index in [4.69, 9.17) is 5.11 Å². The van der Waals surface area contributed by atoms with Gasteiger partial charge in [0, 0.05) is 9.58 Å². The van der Waals surface area contributed by atoms with E-state index in [1.54, 1.807) is 11.3 Å². The first kappa shape index (κ1) is 7.77. The van der Waals surface area contributed by atoms with Crippen molar-refractivity contribution in [2.45, 2.75) is 13.5 Å². The molecule has 0 saturated carbocycles. The summed E-state index contributed by atoms with van der Waals surface area (Å²) in [7, 11) is 0. The van der Waals surface area contributed by atoms with Crippen molar-refractivity contribution in [2.24, 2.45) is 0 Å². The van der Waals surface area contributed by atoms with Gasteiger partial charge in [-0.3, -0.25) is 0 Å². The highest BCUT2D eigenvalue weighted by atomic mass is 32.1. The molecule has 0 amide bonds. The Kier molecular flexibility index (Phi) is 1.87. The SMILES string of the molecule is Cc1c(CO)sc2ccccc12. The van der Waals surface area contributed by atoms with Crippen LogP contribution in [0.15, 0.2) is 24.3 Å². The number of fused-ring (bicyclic) bond motifs is 1. The molecule has 1 aromatic heterocycles. The number of rotatable bonds is 1. The number of benzene rings is 1. The van der Waals surface area contributed by atoms with Crippen LogP contribution in [-0.2, 0) is 6.61 Å². The summed E-state index contributed by atoms with van der Waals surface area (Å²) in [5.41, 5.74) is 1.22. The number of aliphatic hydroxyl groups excluding tert-OH is 1. The molecule has 2 aromatic rings. The van der Waals surface area contributed by atoms with Crippen molar-refractivity contribution in [3.8, 4) is 0 Å². The second kappa shape index (κ2) is 2.88. The number of aryl methyl sites for hydroxylation is 1. The van der Waals surface area contributed by atoms with E-state index in [9.17, 15) is 0 Å². The number of aliphatic hydroxyl groups is 1. The van der Waals surface area contributed by atoms with Crippen LogP contribution >= 0.6 is 11.3 Å². The average molecular weight is 178 g/mol. The minimum absolute atomic E-state index is 0.158. The fourth-order valence-electron chi connectivity index (χ4n) is 1.38. The van der Waals surface area contributed by atoms with Gasteiger partial charge in [-0.05, 0) is 23.9 Å². The third kappa shape index (κ3) is 1.04. The topological polar surface area (TPSA) is 20.2 Å². The lowest BCUT2D eigenvalue weighted by Crippen LogP contribution is -1.78. The van der Waals surface area contributed by atoms with E-state index < -0.39 is 0 Å². The smallest absolute Gasteiger partial charge is 0.0777 e. The summed E-state index contributed by atoms with van der Waals surface area (Å²) in [5, 5.41) is 10.3. The van der Waals surface area contributed by atoms with E-state index in [0.29, 0.717) is 0 Å². The Morgan fingerprint density at radius 1 is 1.33 bits per heavy atom. The average Bonchev–Trinajstić information content (AvgIpc) is 2.44. The molecule has 0 saturated heterocycles. The van der Waals surface area contributed by atoms with Gasteiger partial charge in [-0.15, -0.1) is 11.3 Å². The summed E-state index contributed by atoms with van der Waals surface area (Å²) in [5.74, 6) is 0. The number of hydrogen-bond donors (Lipinski definition) is 1. The number of hydrogen-bond acceptors (Lipinski definition) is 2. The Morgan fingerprint density at radius 2 is 2.08 bits per heavy atom. The fourth-order valence-corrected chi connectivity index (χ4v) is 2.45. The van der Waals surface area contributed by atoms with E-state index in [1.165, 1.54) is 15.6 Å². The highest BCUT2D eigenvalue weighted by Gasteiger charge is 2.05. The lowest BCUT2D eigenvalue weighted by atomic mass is 10.1. The Morgan fingerprint density at radius 3 is 2.75 bits per heavy atom. The van der Waals surface area contributed by atoms with Crippen LogP contribution in [0.1, 0.15) is 10.4 Å². The molecule has 0 unspecified atom stereocenters. The molecule has 0 aliphatic heterocycles. The van der Waals surface area contributed by atoms with Crippen LogP contribution in [0.4, 0.5) is 0 Å². The summed E-state index contributed by atoms with van der Waals surface area (Å²) in [6.07, 6.45) is 0. The Bertz CT molecular complexity index is 403. The highest BCUT2D eigenvalue weighted by molar-refractivity contribution is 7.19. The van der Waals surface area contributed by atoms with Crippen molar-refractivity contribution in [2.75, 3.05) is 0 Å². The summed E-state index contributed by atoms with van der Waals surface area (Å²) in [6.45, 7) is 2.22. The van der Waals surface area contributed by atoms with E-state index in [1.807, 2.05) is 12.1 Å². The predicted molar refractivity (Wildman–Crippen MR) is 52.5 cm³/mol. The van der Waals surface area contributed by atoms with Gasteiger partial charge in [0.1, 0.15) is 0 Å². The second-order valence-corrected chi connectivity index (χ2v) is 3.94. The lowest BCUT2D eigenvalue weighted by molar-refractivity contribution is 0.285. The maximum Gasteiger partial charge on any atom is 0.0777 e. The van der Waals surface area contributed by atoms with Crippen molar-refractivity contribution in [3.63, 3.8) is 0 Å². The van der Waals surface area contributed by atoms with Gasteiger partial charge in [0.15, 0.2) is 0 Å². The highest BCUT2D eigenvalue weighted by Crippen LogP contribution is 2.30. The molecule has 1 aromatic carbocycles. The molecule has 2 rings (SSSR count). The van der Waals surface area contributed by atoms with Crippen molar-refractivity contribution >= 4 is 21.4 Å². The largest absolute Gasteiger partial charge is 0.391 e. The summed E-state index contributed by atoms with van der Waals surface area (Å²) < 4.78 is 1.26. The Balaban J connectivity index is 2.78. The van der Waals surface area contributed by atoms with Gasteiger partial charge in [0.05, 0.1) is 6.61 Å². The van der Waals surface area contributed by atoms with Crippen molar-refractivity contribution in [3.05, 3.63) is 34.7 Å². The normalized spacial score (nSPS) is 10.8. The van der Waals surface area contributed by atoms with E-state index >= 15 is 0 Å². The molecule has 0 atom stereocenters. The van der Waals surface area contributed by atoms with E-state index in [2.05, 4.69) is 19.1 Å². The summed E-state index contributed by atoms with van der Waals surface area (Å²) >= 11 is 1.67. The Hall–Kier alpha value is -0.860. The third-order valence-electron chi connectivity index (χ3n) is 2.09. The molecule has 2 heteroatoms. The molecule has 1 N–H and O–H groups in total. The van der Waals surface area contributed by atoms with Gasteiger partial charge in [-0.25, -0.2) is 0 Å². The molecule has 0 aliphatic carbocycles. The van der Waals surface area contributed by atoms with Gasteiger partial charge in [0.2, 0.25) is 0 Å².